The van der Waals surface area contributed by atoms with E-state index in [2.05, 4.69) is 6.08 Å². The van der Waals surface area contributed by atoms with Gasteiger partial charge in [0.05, 0.1) is 14.2 Å². The van der Waals surface area contributed by atoms with Crippen molar-refractivity contribution in [1.29, 1.82) is 0 Å². The summed E-state index contributed by atoms with van der Waals surface area (Å²) in [6, 6.07) is 4.05. The van der Waals surface area contributed by atoms with Crippen molar-refractivity contribution >= 4 is 6.08 Å². The van der Waals surface area contributed by atoms with Gasteiger partial charge in [0.25, 0.3) is 0 Å². The van der Waals surface area contributed by atoms with Crippen LogP contribution in [-0.2, 0) is 6.42 Å². The van der Waals surface area contributed by atoms with Crippen molar-refractivity contribution in [3.63, 3.8) is 0 Å². The van der Waals surface area contributed by atoms with Crippen molar-refractivity contribution in [2.75, 3.05) is 14.2 Å². The van der Waals surface area contributed by atoms with Gasteiger partial charge in [-0.1, -0.05) is 6.08 Å². The molecule has 0 spiro atoms. The minimum atomic E-state index is 0.784. The molecular formula is C12H13O2. The van der Waals surface area contributed by atoms with Gasteiger partial charge in [0, 0.05) is 0 Å². The molecule has 0 heterocycles. The fraction of sp³-hybridized carbons (Fsp3) is 0.333. The maximum atomic E-state index is 5.24. The molecule has 73 valence electrons. The Morgan fingerprint density at radius 3 is 2.57 bits per heavy atom. The highest BCUT2D eigenvalue weighted by atomic mass is 16.5. The van der Waals surface area contributed by atoms with E-state index in [4.69, 9.17) is 9.47 Å². The van der Waals surface area contributed by atoms with E-state index in [0.717, 1.165) is 24.3 Å². The van der Waals surface area contributed by atoms with Gasteiger partial charge in [0.1, 0.15) is 0 Å². The van der Waals surface area contributed by atoms with Crippen LogP contribution in [0, 0.1) is 6.08 Å². The van der Waals surface area contributed by atoms with Gasteiger partial charge in [0.2, 0.25) is 0 Å². The van der Waals surface area contributed by atoms with Crippen LogP contribution in [0.2, 0.25) is 0 Å². The van der Waals surface area contributed by atoms with Crippen LogP contribution in [0.4, 0.5) is 0 Å². The number of benzene rings is 1. The zero-order valence-corrected chi connectivity index (χ0v) is 8.46. The lowest BCUT2D eigenvalue weighted by molar-refractivity contribution is 0.354. The van der Waals surface area contributed by atoms with Crippen LogP contribution in [0.3, 0.4) is 0 Å². The molecule has 2 rings (SSSR count). The monoisotopic (exact) mass is 189 g/mol. The summed E-state index contributed by atoms with van der Waals surface area (Å²) in [5, 5.41) is 0. The lowest BCUT2D eigenvalue weighted by Crippen LogP contribution is -1.98. The molecular weight excluding hydrogens is 176 g/mol. The quantitative estimate of drug-likeness (QED) is 0.711. The van der Waals surface area contributed by atoms with Crippen LogP contribution >= 0.6 is 0 Å². The molecule has 14 heavy (non-hydrogen) atoms. The zero-order chi connectivity index (χ0) is 9.97. The first-order chi connectivity index (χ1) is 6.85. The summed E-state index contributed by atoms with van der Waals surface area (Å²) in [6.45, 7) is 0. The highest BCUT2D eigenvalue weighted by Crippen LogP contribution is 2.33. The van der Waals surface area contributed by atoms with Gasteiger partial charge in [-0.2, -0.15) is 0 Å². The summed E-state index contributed by atoms with van der Waals surface area (Å²) in [5.74, 6) is 1.59. The SMILES string of the molecule is COc1cc2c(cc1OC)CC[C]=C2. The highest BCUT2D eigenvalue weighted by Gasteiger charge is 2.11. The summed E-state index contributed by atoms with van der Waals surface area (Å²) in [5.41, 5.74) is 2.50. The van der Waals surface area contributed by atoms with E-state index in [0.29, 0.717) is 0 Å². The van der Waals surface area contributed by atoms with Crippen LogP contribution in [0.15, 0.2) is 12.1 Å². The average Bonchev–Trinajstić information content (AvgIpc) is 2.27. The largest absolute Gasteiger partial charge is 0.493 e. The zero-order valence-electron chi connectivity index (χ0n) is 8.46. The van der Waals surface area contributed by atoms with Gasteiger partial charge in [0.15, 0.2) is 11.5 Å². The molecule has 0 unspecified atom stereocenters. The summed E-state index contributed by atoms with van der Waals surface area (Å²) in [6.07, 6.45) is 7.25. The fourth-order valence-electron chi connectivity index (χ4n) is 1.68. The summed E-state index contributed by atoms with van der Waals surface area (Å²) >= 11 is 0. The van der Waals surface area contributed by atoms with Crippen molar-refractivity contribution in [2.24, 2.45) is 0 Å². The summed E-state index contributed by atoms with van der Waals surface area (Å²) in [7, 11) is 3.32. The highest BCUT2D eigenvalue weighted by molar-refractivity contribution is 5.60. The molecule has 0 N–H and O–H groups in total. The number of hydrogen-bond donors (Lipinski definition) is 0. The number of fused-ring (bicyclic) bond motifs is 1. The number of ether oxygens (including phenoxy) is 2. The molecule has 1 radical (unpaired) electrons. The van der Waals surface area contributed by atoms with E-state index in [1.54, 1.807) is 14.2 Å². The molecule has 2 heteroatoms. The van der Waals surface area contributed by atoms with Gasteiger partial charge in [-0.25, -0.2) is 0 Å². The first-order valence-electron chi connectivity index (χ1n) is 4.66. The Morgan fingerprint density at radius 1 is 1.14 bits per heavy atom. The predicted molar refractivity (Wildman–Crippen MR) is 55.6 cm³/mol. The minimum Gasteiger partial charge on any atom is -0.493 e. The van der Waals surface area contributed by atoms with E-state index in [9.17, 15) is 0 Å². The topological polar surface area (TPSA) is 18.5 Å². The van der Waals surface area contributed by atoms with Crippen LogP contribution in [0.1, 0.15) is 17.5 Å². The minimum absolute atomic E-state index is 0.784. The first kappa shape index (κ1) is 9.13. The normalized spacial score (nSPS) is 13.6. The van der Waals surface area contributed by atoms with E-state index in [-0.39, 0.29) is 0 Å². The fourth-order valence-corrected chi connectivity index (χ4v) is 1.68. The third-order valence-corrected chi connectivity index (χ3v) is 2.44. The molecule has 0 amide bonds. The second-order valence-electron chi connectivity index (χ2n) is 3.25. The van der Waals surface area contributed by atoms with Gasteiger partial charge < -0.3 is 9.47 Å². The maximum absolute atomic E-state index is 5.24. The molecule has 2 nitrogen and oxygen atoms in total. The van der Waals surface area contributed by atoms with Crippen molar-refractivity contribution in [2.45, 2.75) is 12.8 Å². The molecule has 0 saturated carbocycles. The molecule has 0 aliphatic heterocycles. The average molecular weight is 189 g/mol. The van der Waals surface area contributed by atoms with Crippen molar-refractivity contribution in [1.82, 2.24) is 0 Å². The van der Waals surface area contributed by atoms with Gasteiger partial charge in [-0.15, -0.1) is 0 Å². The number of aryl methyl sites for hydroxylation is 1. The Labute approximate surface area is 84.2 Å². The van der Waals surface area contributed by atoms with E-state index >= 15 is 0 Å². The van der Waals surface area contributed by atoms with Crippen LogP contribution in [0.25, 0.3) is 6.08 Å². The molecule has 0 fully saturated rings. The Balaban J connectivity index is 2.50. The van der Waals surface area contributed by atoms with E-state index in [1.807, 2.05) is 18.2 Å². The third kappa shape index (κ3) is 1.48. The number of rotatable bonds is 2. The maximum Gasteiger partial charge on any atom is 0.161 e. The molecule has 1 aromatic carbocycles. The predicted octanol–water partition coefficient (Wildman–Crippen LogP) is 2.47. The third-order valence-electron chi connectivity index (χ3n) is 2.44. The molecule has 1 aromatic rings. The summed E-state index contributed by atoms with van der Waals surface area (Å²) < 4.78 is 10.5. The van der Waals surface area contributed by atoms with Crippen LogP contribution in [0.5, 0.6) is 11.5 Å². The second kappa shape index (κ2) is 3.74. The smallest absolute Gasteiger partial charge is 0.161 e. The van der Waals surface area contributed by atoms with Crippen LogP contribution in [-0.4, -0.2) is 14.2 Å². The first-order valence-corrected chi connectivity index (χ1v) is 4.66. The van der Waals surface area contributed by atoms with E-state index in [1.165, 1.54) is 11.1 Å². The van der Waals surface area contributed by atoms with Gasteiger partial charge >= 0.3 is 0 Å². The molecule has 0 saturated heterocycles. The molecule has 1 aliphatic rings. The van der Waals surface area contributed by atoms with Crippen molar-refractivity contribution in [3.8, 4) is 11.5 Å². The van der Waals surface area contributed by atoms with Crippen molar-refractivity contribution < 1.29 is 9.47 Å². The Kier molecular flexibility index (Phi) is 2.44. The molecule has 1 aliphatic carbocycles. The Bertz CT molecular complexity index is 367. The lowest BCUT2D eigenvalue weighted by atomic mass is 9.97. The van der Waals surface area contributed by atoms with Crippen molar-refractivity contribution in [3.05, 3.63) is 29.3 Å². The van der Waals surface area contributed by atoms with Gasteiger partial charge in [-0.3, -0.25) is 0 Å². The standard InChI is InChI=1S/C12H13O2/c1-13-11-7-9-5-3-4-6-10(9)8-12(11)14-2/h6-8H,3,5H2,1-2H3. The lowest BCUT2D eigenvalue weighted by Gasteiger charge is -2.14. The molecule has 0 bridgehead atoms. The number of allylic oxidation sites excluding steroid dienone is 1. The molecule has 0 atom stereocenters. The van der Waals surface area contributed by atoms with Crippen LogP contribution < -0.4 is 9.47 Å². The number of methoxy groups -OCH3 is 2. The van der Waals surface area contributed by atoms with E-state index < -0.39 is 0 Å². The number of hydrogen-bond acceptors (Lipinski definition) is 2. The van der Waals surface area contributed by atoms with Gasteiger partial charge in [-0.05, 0) is 42.2 Å². The second-order valence-corrected chi connectivity index (χ2v) is 3.25. The Hall–Kier alpha value is -1.44. The molecule has 0 aromatic heterocycles. The summed E-state index contributed by atoms with van der Waals surface area (Å²) in [4.78, 5) is 0. The Morgan fingerprint density at radius 2 is 1.86 bits per heavy atom.